The van der Waals surface area contributed by atoms with Gasteiger partial charge < -0.3 is 15.4 Å². The van der Waals surface area contributed by atoms with Gasteiger partial charge in [-0.05, 0) is 36.8 Å². The topological polar surface area (TPSA) is 67.4 Å². The van der Waals surface area contributed by atoms with E-state index in [1.165, 1.54) is 19.1 Å². The van der Waals surface area contributed by atoms with Gasteiger partial charge in [0.25, 0.3) is 17.4 Å². The second kappa shape index (κ2) is 5.72. The van der Waals surface area contributed by atoms with Gasteiger partial charge in [0, 0.05) is 6.54 Å². The number of ether oxygens (including phenoxy) is 1. The van der Waals surface area contributed by atoms with Crippen LogP contribution in [0.2, 0.25) is 0 Å². The second-order valence-electron chi connectivity index (χ2n) is 5.40. The molecule has 23 heavy (non-hydrogen) atoms. The molecule has 0 saturated heterocycles. The number of fused-ring (bicyclic) bond motifs is 1. The Bertz CT molecular complexity index is 778. The molecule has 0 spiro atoms. The fourth-order valence-electron chi connectivity index (χ4n) is 2.31. The molecule has 2 aromatic rings. The molecule has 0 radical (unpaired) electrons. The molecule has 118 valence electrons. The number of carbonyl (C=O) groups is 2. The lowest BCUT2D eigenvalue weighted by molar-refractivity contribution is -0.146. The summed E-state index contributed by atoms with van der Waals surface area (Å²) >= 11 is 0. The van der Waals surface area contributed by atoms with Crippen LogP contribution >= 0.6 is 0 Å². The number of anilines is 1. The van der Waals surface area contributed by atoms with Crippen LogP contribution in [0.1, 0.15) is 12.5 Å². The molecular weight excluding hydrogens is 299 g/mol. The molecule has 1 atom stereocenters. The zero-order valence-corrected chi connectivity index (χ0v) is 12.4. The standard InChI is InChI=1S/C17H15FN2O3/c1-17(15(21)19-10-11-5-4-6-12(18)9-11)16(22)20-13-7-2-3-8-14(13)23-17/h2-9H,10H2,1H3,(H,19,21)(H,20,22)/t17-/m1/s1. The van der Waals surface area contributed by atoms with Crippen LogP contribution in [0.4, 0.5) is 10.1 Å². The van der Waals surface area contributed by atoms with E-state index in [0.717, 1.165) is 0 Å². The van der Waals surface area contributed by atoms with Crippen molar-refractivity contribution < 1.29 is 18.7 Å². The van der Waals surface area contributed by atoms with Crippen molar-refractivity contribution in [1.82, 2.24) is 5.32 Å². The molecule has 2 aromatic carbocycles. The number of carbonyl (C=O) groups excluding carboxylic acids is 2. The predicted molar refractivity (Wildman–Crippen MR) is 82.4 cm³/mol. The first-order valence-corrected chi connectivity index (χ1v) is 7.11. The lowest BCUT2D eigenvalue weighted by atomic mass is 10.0. The SMILES string of the molecule is C[C@]1(C(=O)NCc2cccc(F)c2)Oc2ccccc2NC1=O. The molecule has 0 fully saturated rings. The van der Waals surface area contributed by atoms with Crippen molar-refractivity contribution in [3.63, 3.8) is 0 Å². The fraction of sp³-hybridized carbons (Fsp3) is 0.176. The number of hydrogen-bond acceptors (Lipinski definition) is 3. The maximum atomic E-state index is 13.1. The molecule has 0 aromatic heterocycles. The Morgan fingerprint density at radius 2 is 2.04 bits per heavy atom. The van der Waals surface area contributed by atoms with Crippen LogP contribution in [0.25, 0.3) is 0 Å². The molecular formula is C17H15FN2O3. The average Bonchev–Trinajstić information content (AvgIpc) is 2.53. The Hall–Kier alpha value is -2.89. The van der Waals surface area contributed by atoms with Gasteiger partial charge in [-0.1, -0.05) is 24.3 Å². The molecule has 1 aliphatic heterocycles. The van der Waals surface area contributed by atoms with E-state index in [9.17, 15) is 14.0 Å². The number of rotatable bonds is 3. The number of para-hydroxylation sites is 2. The van der Waals surface area contributed by atoms with Gasteiger partial charge in [-0.3, -0.25) is 9.59 Å². The average molecular weight is 314 g/mol. The molecule has 1 aliphatic rings. The smallest absolute Gasteiger partial charge is 0.278 e. The highest BCUT2D eigenvalue weighted by Gasteiger charge is 2.47. The summed E-state index contributed by atoms with van der Waals surface area (Å²) in [5.41, 5.74) is -0.562. The Labute approximate surface area is 132 Å². The number of hydrogen-bond donors (Lipinski definition) is 2. The number of benzene rings is 2. The molecule has 0 bridgehead atoms. The summed E-state index contributed by atoms with van der Waals surface area (Å²) in [6, 6.07) is 12.8. The Kier molecular flexibility index (Phi) is 3.73. The highest BCUT2D eigenvalue weighted by atomic mass is 19.1. The normalized spacial score (nSPS) is 19.3. The molecule has 3 rings (SSSR count). The van der Waals surface area contributed by atoms with E-state index < -0.39 is 17.4 Å². The van der Waals surface area contributed by atoms with Gasteiger partial charge in [0.05, 0.1) is 5.69 Å². The third-order valence-electron chi connectivity index (χ3n) is 3.66. The van der Waals surface area contributed by atoms with Crippen LogP contribution in [-0.2, 0) is 16.1 Å². The van der Waals surface area contributed by atoms with E-state index >= 15 is 0 Å². The van der Waals surface area contributed by atoms with E-state index in [1.54, 1.807) is 36.4 Å². The molecule has 0 aliphatic carbocycles. The zero-order valence-electron chi connectivity index (χ0n) is 12.4. The van der Waals surface area contributed by atoms with Gasteiger partial charge in [0.15, 0.2) is 0 Å². The van der Waals surface area contributed by atoms with Crippen molar-refractivity contribution in [3.8, 4) is 5.75 Å². The minimum absolute atomic E-state index is 0.102. The minimum Gasteiger partial charge on any atom is -0.466 e. The van der Waals surface area contributed by atoms with Crippen molar-refractivity contribution in [2.45, 2.75) is 19.1 Å². The van der Waals surface area contributed by atoms with Gasteiger partial charge in [0.2, 0.25) is 0 Å². The largest absolute Gasteiger partial charge is 0.466 e. The van der Waals surface area contributed by atoms with E-state index in [2.05, 4.69) is 10.6 Å². The molecule has 1 heterocycles. The molecule has 0 saturated carbocycles. The Morgan fingerprint density at radius 1 is 1.26 bits per heavy atom. The van der Waals surface area contributed by atoms with Crippen LogP contribution in [0, 0.1) is 5.82 Å². The highest BCUT2D eigenvalue weighted by molar-refractivity contribution is 6.15. The van der Waals surface area contributed by atoms with Gasteiger partial charge in [0.1, 0.15) is 11.6 Å². The lowest BCUT2D eigenvalue weighted by Gasteiger charge is -2.33. The van der Waals surface area contributed by atoms with Crippen LogP contribution in [0.3, 0.4) is 0 Å². The van der Waals surface area contributed by atoms with Crippen molar-refractivity contribution >= 4 is 17.5 Å². The first-order valence-electron chi connectivity index (χ1n) is 7.11. The minimum atomic E-state index is -1.68. The van der Waals surface area contributed by atoms with Crippen LogP contribution in [-0.4, -0.2) is 17.4 Å². The summed E-state index contributed by atoms with van der Waals surface area (Å²) in [7, 11) is 0. The summed E-state index contributed by atoms with van der Waals surface area (Å²) in [6.07, 6.45) is 0. The molecule has 2 N–H and O–H groups in total. The van der Waals surface area contributed by atoms with Crippen LogP contribution in [0.15, 0.2) is 48.5 Å². The maximum absolute atomic E-state index is 13.1. The Morgan fingerprint density at radius 3 is 2.83 bits per heavy atom. The summed E-state index contributed by atoms with van der Waals surface area (Å²) in [5, 5.41) is 5.26. The van der Waals surface area contributed by atoms with E-state index in [4.69, 9.17) is 4.74 Å². The van der Waals surface area contributed by atoms with Crippen molar-refractivity contribution in [3.05, 3.63) is 59.9 Å². The van der Waals surface area contributed by atoms with Crippen LogP contribution in [0.5, 0.6) is 5.75 Å². The Balaban J connectivity index is 1.75. The van der Waals surface area contributed by atoms with Crippen molar-refractivity contribution in [2.24, 2.45) is 0 Å². The number of amides is 2. The zero-order chi connectivity index (χ0) is 16.4. The molecule has 2 amide bonds. The van der Waals surface area contributed by atoms with Crippen LogP contribution < -0.4 is 15.4 Å². The first kappa shape index (κ1) is 15.0. The monoisotopic (exact) mass is 314 g/mol. The summed E-state index contributed by atoms with van der Waals surface area (Å²) < 4.78 is 18.8. The van der Waals surface area contributed by atoms with E-state index in [0.29, 0.717) is 17.0 Å². The summed E-state index contributed by atoms with van der Waals surface area (Å²) in [6.45, 7) is 1.50. The predicted octanol–water partition coefficient (Wildman–Crippen LogP) is 2.23. The first-order chi connectivity index (χ1) is 11.0. The second-order valence-corrected chi connectivity index (χ2v) is 5.40. The number of halogens is 1. The van der Waals surface area contributed by atoms with Gasteiger partial charge in [-0.2, -0.15) is 0 Å². The van der Waals surface area contributed by atoms with Gasteiger partial charge in [-0.15, -0.1) is 0 Å². The molecule has 5 nitrogen and oxygen atoms in total. The van der Waals surface area contributed by atoms with Gasteiger partial charge >= 0.3 is 0 Å². The molecule has 0 unspecified atom stereocenters. The maximum Gasteiger partial charge on any atom is 0.278 e. The third kappa shape index (κ3) is 2.88. The summed E-state index contributed by atoms with van der Waals surface area (Å²) in [5.74, 6) is -1.10. The highest BCUT2D eigenvalue weighted by Crippen LogP contribution is 2.33. The van der Waals surface area contributed by atoms with Crippen molar-refractivity contribution in [2.75, 3.05) is 5.32 Å². The van der Waals surface area contributed by atoms with Gasteiger partial charge in [-0.25, -0.2) is 4.39 Å². The van der Waals surface area contributed by atoms with Crippen molar-refractivity contribution in [1.29, 1.82) is 0 Å². The van der Waals surface area contributed by atoms with E-state index in [1.807, 2.05) is 0 Å². The lowest BCUT2D eigenvalue weighted by Crippen LogP contribution is -2.58. The molecule has 6 heteroatoms. The van der Waals surface area contributed by atoms with E-state index in [-0.39, 0.29) is 12.4 Å². The summed E-state index contributed by atoms with van der Waals surface area (Å²) in [4.78, 5) is 24.6. The third-order valence-corrected chi connectivity index (χ3v) is 3.66. The quantitative estimate of drug-likeness (QED) is 0.854. The number of nitrogens with one attached hydrogen (secondary N) is 2. The fourth-order valence-corrected chi connectivity index (χ4v) is 2.31.